The maximum atomic E-state index is 13.2. The highest BCUT2D eigenvalue weighted by molar-refractivity contribution is 6.38. The van der Waals surface area contributed by atoms with E-state index in [1.807, 2.05) is 68.4 Å². The number of alkyl carbamates (subject to hydrolysis) is 1. The van der Waals surface area contributed by atoms with Crippen LogP contribution in [-0.2, 0) is 38.6 Å². The fourth-order valence-electron chi connectivity index (χ4n) is 3.98. The van der Waals surface area contributed by atoms with Crippen LogP contribution in [0, 0.1) is 5.92 Å². The Balaban J connectivity index is 1.70. The molecule has 2 aromatic carbocycles. The largest absolute Gasteiger partial charge is 0.445 e. The van der Waals surface area contributed by atoms with Gasteiger partial charge in [-0.3, -0.25) is 14.4 Å². The summed E-state index contributed by atoms with van der Waals surface area (Å²) in [6, 6.07) is 15.0. The number of hydrogen-bond acceptors (Lipinski definition) is 5. The summed E-state index contributed by atoms with van der Waals surface area (Å²) in [6.45, 7) is 4.29. The van der Waals surface area contributed by atoms with E-state index in [1.165, 1.54) is 0 Å². The lowest BCUT2D eigenvalue weighted by Gasteiger charge is -2.23. The predicted molar refractivity (Wildman–Crippen MR) is 131 cm³/mol. The molecule has 0 spiro atoms. The molecule has 1 aliphatic rings. The highest BCUT2D eigenvalue weighted by atomic mass is 16.5. The summed E-state index contributed by atoms with van der Waals surface area (Å²) in [5.74, 6) is -1.88. The van der Waals surface area contributed by atoms with Gasteiger partial charge in [0.2, 0.25) is 11.7 Å². The second kappa shape index (κ2) is 12.7. The van der Waals surface area contributed by atoms with E-state index in [-0.39, 0.29) is 18.9 Å². The molecule has 0 radical (unpaired) electrons. The van der Waals surface area contributed by atoms with Crippen molar-refractivity contribution >= 4 is 23.7 Å². The molecule has 186 valence electrons. The van der Waals surface area contributed by atoms with Gasteiger partial charge in [-0.15, -0.1) is 0 Å². The summed E-state index contributed by atoms with van der Waals surface area (Å²) in [6.07, 6.45) is 1.29. The van der Waals surface area contributed by atoms with E-state index < -0.39 is 35.8 Å². The summed E-state index contributed by atoms with van der Waals surface area (Å²) >= 11 is 0. The molecule has 0 aliphatic carbocycles. The summed E-state index contributed by atoms with van der Waals surface area (Å²) in [7, 11) is 0. The number of fused-ring (bicyclic) bond motifs is 2. The number of hydrogen-bond donors (Lipinski definition) is 3. The van der Waals surface area contributed by atoms with Gasteiger partial charge in [0, 0.05) is 13.0 Å². The topological polar surface area (TPSA) is 114 Å². The summed E-state index contributed by atoms with van der Waals surface area (Å²) in [4.78, 5) is 50.9. The van der Waals surface area contributed by atoms with E-state index in [4.69, 9.17) is 4.74 Å². The van der Waals surface area contributed by atoms with Crippen LogP contribution in [0.15, 0.2) is 54.6 Å². The highest BCUT2D eigenvalue weighted by Crippen LogP contribution is 2.13. The Kier molecular flexibility index (Phi) is 9.40. The van der Waals surface area contributed by atoms with Crippen LogP contribution in [-0.4, -0.2) is 42.3 Å². The molecule has 2 bridgehead atoms. The van der Waals surface area contributed by atoms with Gasteiger partial charge in [-0.25, -0.2) is 4.79 Å². The molecule has 8 heteroatoms. The van der Waals surface area contributed by atoms with Gasteiger partial charge in [0.25, 0.3) is 5.91 Å². The molecule has 1 aliphatic heterocycles. The van der Waals surface area contributed by atoms with Gasteiger partial charge in [0.1, 0.15) is 18.7 Å². The number of ether oxygens (including phenoxy) is 1. The number of nitrogens with one attached hydrogen (secondary N) is 3. The van der Waals surface area contributed by atoms with Crippen molar-refractivity contribution in [3.63, 3.8) is 0 Å². The molecule has 2 aromatic rings. The Bertz CT molecular complexity index is 1040. The standard InChI is InChI=1S/C27H33N3O5/c1-18(2)14-23(30-27(34)35-17-20-8-4-3-5-9-20)25(32)29-22-16-21-11-6-10-19(15-21)12-7-13-28-26(33)24(22)31/h3-6,8-11,15,18,22-23H,7,12-14,16-17H2,1-2H3,(H,28,33)(H,29,32)(H,30,34). The van der Waals surface area contributed by atoms with Crippen molar-refractivity contribution in [2.24, 2.45) is 5.92 Å². The number of amides is 3. The Labute approximate surface area is 205 Å². The van der Waals surface area contributed by atoms with E-state index in [0.717, 1.165) is 23.1 Å². The molecular formula is C27H33N3O5. The van der Waals surface area contributed by atoms with E-state index in [0.29, 0.717) is 19.4 Å². The quantitative estimate of drug-likeness (QED) is 0.529. The average Bonchev–Trinajstić information content (AvgIpc) is 2.85. The smallest absolute Gasteiger partial charge is 0.408 e. The van der Waals surface area contributed by atoms with Crippen LogP contribution in [0.2, 0.25) is 0 Å². The fourth-order valence-corrected chi connectivity index (χ4v) is 3.98. The van der Waals surface area contributed by atoms with Crippen LogP contribution in [0.25, 0.3) is 0 Å². The van der Waals surface area contributed by atoms with Crippen molar-refractivity contribution in [2.45, 2.75) is 58.2 Å². The zero-order chi connectivity index (χ0) is 25.2. The second-order valence-corrected chi connectivity index (χ2v) is 9.20. The molecule has 3 amide bonds. The molecule has 35 heavy (non-hydrogen) atoms. The van der Waals surface area contributed by atoms with Crippen LogP contribution >= 0.6 is 0 Å². The average molecular weight is 480 g/mol. The number of carbonyl (C=O) groups is 4. The van der Waals surface area contributed by atoms with Crippen LogP contribution in [0.4, 0.5) is 4.79 Å². The van der Waals surface area contributed by atoms with Crippen LogP contribution in [0.5, 0.6) is 0 Å². The molecular weight excluding hydrogens is 446 g/mol. The lowest BCUT2D eigenvalue weighted by molar-refractivity contribution is -0.140. The normalized spacial score (nSPS) is 17.1. The molecule has 0 aromatic heterocycles. The fraction of sp³-hybridized carbons (Fsp3) is 0.407. The number of rotatable bonds is 7. The number of carbonyl (C=O) groups excluding carboxylic acids is 4. The molecule has 1 heterocycles. The Morgan fingerprint density at radius 3 is 2.54 bits per heavy atom. The number of Topliss-reactive ketones (excluding diaryl/α,β-unsaturated/α-hetero) is 1. The van der Waals surface area contributed by atoms with Crippen molar-refractivity contribution < 1.29 is 23.9 Å². The van der Waals surface area contributed by atoms with E-state index in [2.05, 4.69) is 16.0 Å². The van der Waals surface area contributed by atoms with E-state index in [1.54, 1.807) is 0 Å². The first-order valence-electron chi connectivity index (χ1n) is 12.0. The van der Waals surface area contributed by atoms with Crippen molar-refractivity contribution in [1.29, 1.82) is 0 Å². The highest BCUT2D eigenvalue weighted by Gasteiger charge is 2.31. The molecule has 2 unspecified atom stereocenters. The van der Waals surface area contributed by atoms with Crippen molar-refractivity contribution in [3.05, 3.63) is 71.3 Å². The van der Waals surface area contributed by atoms with Gasteiger partial charge in [-0.1, -0.05) is 68.4 Å². The minimum atomic E-state index is -1.05. The summed E-state index contributed by atoms with van der Waals surface area (Å²) in [5, 5.41) is 7.96. The molecule has 0 saturated heterocycles. The monoisotopic (exact) mass is 479 g/mol. The third-order valence-corrected chi connectivity index (χ3v) is 5.74. The maximum absolute atomic E-state index is 13.2. The van der Waals surface area contributed by atoms with Gasteiger partial charge < -0.3 is 20.7 Å². The molecule has 0 fully saturated rings. The molecule has 8 nitrogen and oxygen atoms in total. The third kappa shape index (κ3) is 8.24. The Morgan fingerprint density at radius 1 is 1.06 bits per heavy atom. The third-order valence-electron chi connectivity index (χ3n) is 5.74. The van der Waals surface area contributed by atoms with E-state index in [9.17, 15) is 19.2 Å². The van der Waals surface area contributed by atoms with Gasteiger partial charge in [0.05, 0.1) is 0 Å². The molecule has 0 saturated carbocycles. The molecule has 3 N–H and O–H groups in total. The Hall–Kier alpha value is -3.68. The van der Waals surface area contributed by atoms with E-state index >= 15 is 0 Å². The van der Waals surface area contributed by atoms with Gasteiger partial charge >= 0.3 is 6.09 Å². The lowest BCUT2D eigenvalue weighted by atomic mass is 9.98. The second-order valence-electron chi connectivity index (χ2n) is 9.20. The molecule has 3 rings (SSSR count). The number of benzene rings is 2. The lowest BCUT2D eigenvalue weighted by Crippen LogP contribution is -2.55. The zero-order valence-corrected chi connectivity index (χ0v) is 20.2. The van der Waals surface area contributed by atoms with Crippen LogP contribution in [0.3, 0.4) is 0 Å². The van der Waals surface area contributed by atoms with Gasteiger partial charge in [0.15, 0.2) is 0 Å². The summed E-state index contributed by atoms with van der Waals surface area (Å²) in [5.41, 5.74) is 2.78. The summed E-state index contributed by atoms with van der Waals surface area (Å²) < 4.78 is 5.27. The first kappa shape index (κ1) is 25.9. The predicted octanol–water partition coefficient (Wildman–Crippen LogP) is 2.69. The number of aryl methyl sites for hydroxylation is 1. The van der Waals surface area contributed by atoms with Gasteiger partial charge in [-0.05, 0) is 41.9 Å². The van der Waals surface area contributed by atoms with Crippen LogP contribution in [0.1, 0.15) is 43.4 Å². The van der Waals surface area contributed by atoms with Crippen molar-refractivity contribution in [3.8, 4) is 0 Å². The Morgan fingerprint density at radius 2 is 1.80 bits per heavy atom. The minimum Gasteiger partial charge on any atom is -0.445 e. The van der Waals surface area contributed by atoms with Crippen LogP contribution < -0.4 is 16.0 Å². The first-order valence-corrected chi connectivity index (χ1v) is 12.0. The zero-order valence-electron chi connectivity index (χ0n) is 20.2. The number of ketones is 1. The van der Waals surface area contributed by atoms with Crippen molar-refractivity contribution in [1.82, 2.24) is 16.0 Å². The SMILES string of the molecule is CC(C)CC(NC(=O)OCc1ccccc1)C(=O)NC1Cc2cccc(c2)CCCNC(=O)C1=O. The maximum Gasteiger partial charge on any atom is 0.408 e. The minimum absolute atomic E-state index is 0.0698. The van der Waals surface area contributed by atoms with Crippen molar-refractivity contribution in [2.75, 3.05) is 6.54 Å². The first-order chi connectivity index (χ1) is 16.8. The van der Waals surface area contributed by atoms with Gasteiger partial charge in [-0.2, -0.15) is 0 Å². The molecule has 2 atom stereocenters.